The number of carbonyl (C=O) groups is 1. The Morgan fingerprint density at radius 1 is 1.57 bits per heavy atom. The fourth-order valence-electron chi connectivity index (χ4n) is 0.886. The van der Waals surface area contributed by atoms with Crippen LogP contribution in [0.2, 0.25) is 0 Å². The SMILES string of the molecule is CCCCc1nnc(NC(=O)CI)s1. The minimum atomic E-state index is -0.0243. The largest absolute Gasteiger partial charge is 0.300 e. The Morgan fingerprint density at radius 2 is 2.36 bits per heavy atom. The van der Waals surface area contributed by atoms with E-state index in [1.807, 2.05) is 22.6 Å². The molecule has 0 aliphatic carbocycles. The Balaban J connectivity index is 2.46. The fourth-order valence-corrected chi connectivity index (χ4v) is 1.87. The van der Waals surface area contributed by atoms with Gasteiger partial charge in [-0.25, -0.2) is 0 Å². The van der Waals surface area contributed by atoms with Crippen LogP contribution in [0.1, 0.15) is 24.8 Å². The van der Waals surface area contributed by atoms with Crippen LogP contribution in [0.3, 0.4) is 0 Å². The molecule has 0 spiro atoms. The van der Waals surface area contributed by atoms with E-state index < -0.39 is 0 Å². The van der Waals surface area contributed by atoms with E-state index >= 15 is 0 Å². The Morgan fingerprint density at radius 3 is 3.00 bits per heavy atom. The average Bonchev–Trinajstić information content (AvgIpc) is 2.62. The summed E-state index contributed by atoms with van der Waals surface area (Å²) in [6, 6.07) is 0. The molecular weight excluding hydrogens is 313 g/mol. The summed E-state index contributed by atoms with van der Waals surface area (Å²) in [4.78, 5) is 11.0. The van der Waals surface area contributed by atoms with Crippen LogP contribution in [0.15, 0.2) is 0 Å². The van der Waals surface area contributed by atoms with Gasteiger partial charge in [0.15, 0.2) is 0 Å². The molecule has 1 rings (SSSR count). The monoisotopic (exact) mass is 325 g/mol. The van der Waals surface area contributed by atoms with Gasteiger partial charge in [0.05, 0.1) is 4.43 Å². The third-order valence-electron chi connectivity index (χ3n) is 1.58. The molecule has 0 fully saturated rings. The summed E-state index contributed by atoms with van der Waals surface area (Å²) in [5.41, 5.74) is 0. The number of nitrogens with one attached hydrogen (secondary N) is 1. The first-order chi connectivity index (χ1) is 6.76. The maximum absolute atomic E-state index is 11.0. The van der Waals surface area contributed by atoms with E-state index in [9.17, 15) is 4.79 Å². The summed E-state index contributed by atoms with van der Waals surface area (Å²) in [5, 5.41) is 12.2. The number of hydrogen-bond donors (Lipinski definition) is 1. The van der Waals surface area contributed by atoms with Crippen LogP contribution in [0, 0.1) is 0 Å². The van der Waals surface area contributed by atoms with Gasteiger partial charge in [0.2, 0.25) is 11.0 Å². The Labute approximate surface area is 101 Å². The van der Waals surface area contributed by atoms with Crippen molar-refractivity contribution >= 4 is 45.0 Å². The molecule has 1 heterocycles. The van der Waals surface area contributed by atoms with Gasteiger partial charge in [0.25, 0.3) is 0 Å². The molecule has 0 bridgehead atoms. The Kier molecular flexibility index (Phi) is 5.31. The van der Waals surface area contributed by atoms with Gasteiger partial charge in [-0.2, -0.15) is 0 Å². The van der Waals surface area contributed by atoms with Crippen molar-refractivity contribution in [2.75, 3.05) is 9.74 Å². The van der Waals surface area contributed by atoms with E-state index in [2.05, 4.69) is 22.4 Å². The second-order valence-electron chi connectivity index (χ2n) is 2.79. The average molecular weight is 325 g/mol. The smallest absolute Gasteiger partial charge is 0.236 e. The number of aryl methyl sites for hydroxylation is 1. The highest BCUT2D eigenvalue weighted by molar-refractivity contribution is 14.1. The van der Waals surface area contributed by atoms with E-state index in [-0.39, 0.29) is 5.91 Å². The highest BCUT2D eigenvalue weighted by atomic mass is 127. The van der Waals surface area contributed by atoms with Gasteiger partial charge >= 0.3 is 0 Å². The van der Waals surface area contributed by atoms with Crippen LogP contribution in [-0.4, -0.2) is 20.5 Å². The number of carbonyl (C=O) groups excluding carboxylic acids is 1. The quantitative estimate of drug-likeness (QED) is 0.667. The molecular formula is C8H12IN3OS. The number of rotatable bonds is 5. The van der Waals surface area contributed by atoms with E-state index in [0.717, 1.165) is 24.3 Å². The molecule has 1 aromatic heterocycles. The van der Waals surface area contributed by atoms with E-state index in [4.69, 9.17) is 0 Å². The number of nitrogens with zero attached hydrogens (tertiary/aromatic N) is 2. The Bertz CT molecular complexity index is 303. The van der Waals surface area contributed by atoms with E-state index in [1.54, 1.807) is 0 Å². The van der Waals surface area contributed by atoms with Crippen molar-refractivity contribution in [1.82, 2.24) is 10.2 Å². The highest BCUT2D eigenvalue weighted by Crippen LogP contribution is 2.16. The van der Waals surface area contributed by atoms with Crippen molar-refractivity contribution in [3.8, 4) is 0 Å². The van der Waals surface area contributed by atoms with Crippen molar-refractivity contribution in [1.29, 1.82) is 0 Å². The van der Waals surface area contributed by atoms with Gasteiger partial charge in [-0.15, -0.1) is 10.2 Å². The van der Waals surface area contributed by atoms with Crippen molar-refractivity contribution in [2.45, 2.75) is 26.2 Å². The molecule has 0 saturated carbocycles. The number of amides is 1. The number of aromatic nitrogens is 2. The van der Waals surface area contributed by atoms with Crippen molar-refractivity contribution in [3.63, 3.8) is 0 Å². The molecule has 0 aliphatic heterocycles. The van der Waals surface area contributed by atoms with Gasteiger partial charge < -0.3 is 0 Å². The third-order valence-corrected chi connectivity index (χ3v) is 3.17. The van der Waals surface area contributed by atoms with Crippen molar-refractivity contribution in [3.05, 3.63) is 5.01 Å². The molecule has 1 amide bonds. The third kappa shape index (κ3) is 3.87. The molecule has 0 radical (unpaired) electrons. The van der Waals surface area contributed by atoms with Crippen LogP contribution in [-0.2, 0) is 11.2 Å². The van der Waals surface area contributed by atoms with E-state index in [1.165, 1.54) is 11.3 Å². The normalized spacial score (nSPS) is 10.1. The zero-order valence-electron chi connectivity index (χ0n) is 7.92. The van der Waals surface area contributed by atoms with Gasteiger partial charge in [-0.1, -0.05) is 47.3 Å². The molecule has 0 aliphatic rings. The lowest BCUT2D eigenvalue weighted by Crippen LogP contribution is -2.11. The zero-order valence-corrected chi connectivity index (χ0v) is 10.9. The molecule has 0 atom stereocenters. The molecule has 4 nitrogen and oxygen atoms in total. The Hall–Kier alpha value is -0.240. The molecule has 14 heavy (non-hydrogen) atoms. The summed E-state index contributed by atoms with van der Waals surface area (Å²) in [5.74, 6) is -0.0243. The van der Waals surface area contributed by atoms with Crippen LogP contribution >= 0.6 is 33.9 Å². The molecule has 1 N–H and O–H groups in total. The zero-order chi connectivity index (χ0) is 10.4. The summed E-state index contributed by atoms with van der Waals surface area (Å²) in [6.45, 7) is 2.14. The highest BCUT2D eigenvalue weighted by Gasteiger charge is 2.06. The molecule has 6 heteroatoms. The number of hydrogen-bond acceptors (Lipinski definition) is 4. The van der Waals surface area contributed by atoms with Gasteiger partial charge in [-0.3, -0.25) is 10.1 Å². The lowest BCUT2D eigenvalue weighted by molar-refractivity contribution is -0.113. The fraction of sp³-hybridized carbons (Fsp3) is 0.625. The molecule has 0 unspecified atom stereocenters. The van der Waals surface area contributed by atoms with Crippen LogP contribution in [0.4, 0.5) is 5.13 Å². The van der Waals surface area contributed by atoms with Crippen LogP contribution < -0.4 is 5.32 Å². The summed E-state index contributed by atoms with van der Waals surface area (Å²) in [7, 11) is 0. The first-order valence-electron chi connectivity index (χ1n) is 4.44. The van der Waals surface area contributed by atoms with E-state index in [0.29, 0.717) is 9.56 Å². The molecule has 1 aromatic rings. The minimum absolute atomic E-state index is 0.0243. The first-order valence-corrected chi connectivity index (χ1v) is 6.78. The molecule has 78 valence electrons. The van der Waals surface area contributed by atoms with Crippen molar-refractivity contribution in [2.24, 2.45) is 0 Å². The lowest BCUT2D eigenvalue weighted by atomic mass is 10.3. The summed E-state index contributed by atoms with van der Waals surface area (Å²) >= 11 is 3.47. The molecule has 0 saturated heterocycles. The number of unbranched alkanes of at least 4 members (excludes halogenated alkanes) is 1. The second kappa shape index (κ2) is 6.28. The summed E-state index contributed by atoms with van der Waals surface area (Å²) in [6.07, 6.45) is 3.22. The van der Waals surface area contributed by atoms with Crippen LogP contribution in [0.25, 0.3) is 0 Å². The van der Waals surface area contributed by atoms with Gasteiger partial charge in [0, 0.05) is 6.42 Å². The van der Waals surface area contributed by atoms with Crippen molar-refractivity contribution < 1.29 is 4.79 Å². The maximum atomic E-state index is 11.0. The second-order valence-corrected chi connectivity index (χ2v) is 4.61. The molecule has 0 aromatic carbocycles. The maximum Gasteiger partial charge on any atom is 0.236 e. The van der Waals surface area contributed by atoms with Gasteiger partial charge in [0.1, 0.15) is 5.01 Å². The number of halogens is 1. The van der Waals surface area contributed by atoms with Crippen LogP contribution in [0.5, 0.6) is 0 Å². The topological polar surface area (TPSA) is 54.9 Å². The number of anilines is 1. The standard InChI is InChI=1S/C8H12IN3OS/c1-2-3-4-7-11-12-8(14-7)10-6(13)5-9/h2-5H2,1H3,(H,10,12,13). The predicted octanol–water partition coefficient (Wildman–Crippen LogP) is 2.25. The summed E-state index contributed by atoms with van der Waals surface area (Å²) < 4.78 is 0.446. The minimum Gasteiger partial charge on any atom is -0.300 e. The number of alkyl halides is 1. The lowest BCUT2D eigenvalue weighted by Gasteiger charge is -1.94. The van der Waals surface area contributed by atoms with Gasteiger partial charge in [-0.05, 0) is 6.42 Å². The predicted molar refractivity (Wildman–Crippen MR) is 66.0 cm³/mol. The first kappa shape index (κ1) is 11.8.